The van der Waals surface area contributed by atoms with E-state index in [1.165, 1.54) is 12.1 Å². The third-order valence-corrected chi connectivity index (χ3v) is 7.23. The Morgan fingerprint density at radius 2 is 1.81 bits per heavy atom. The zero-order valence-electron chi connectivity index (χ0n) is 20.3. The first-order valence-electron chi connectivity index (χ1n) is 12.2. The van der Waals surface area contributed by atoms with Crippen LogP contribution in [-0.4, -0.2) is 42.2 Å². The topological polar surface area (TPSA) is 78.6 Å². The average Bonchev–Trinajstić information content (AvgIpc) is 3.33. The highest BCUT2D eigenvalue weighted by molar-refractivity contribution is 5.87. The summed E-state index contributed by atoms with van der Waals surface area (Å²) in [5.74, 6) is -3.72. The maximum Gasteiger partial charge on any atom is 0.252 e. The van der Waals surface area contributed by atoms with Gasteiger partial charge >= 0.3 is 0 Å². The molecule has 2 fully saturated rings. The van der Waals surface area contributed by atoms with Crippen molar-refractivity contribution in [2.24, 2.45) is 0 Å². The third-order valence-electron chi connectivity index (χ3n) is 7.23. The third kappa shape index (κ3) is 4.45. The van der Waals surface area contributed by atoms with E-state index in [1.54, 1.807) is 24.0 Å². The molecule has 1 saturated heterocycles. The summed E-state index contributed by atoms with van der Waals surface area (Å²) in [5, 5.41) is 4.29. The number of rotatable bonds is 4. The monoisotopic (exact) mass is 512 g/mol. The van der Waals surface area contributed by atoms with Crippen molar-refractivity contribution in [1.82, 2.24) is 29.7 Å². The molecule has 37 heavy (non-hydrogen) atoms. The Hall–Kier alpha value is -3.47. The fourth-order valence-electron chi connectivity index (χ4n) is 4.98. The lowest BCUT2D eigenvalue weighted by atomic mass is 9.88. The molecule has 4 aromatic rings. The molecule has 2 unspecified atom stereocenters. The summed E-state index contributed by atoms with van der Waals surface area (Å²) in [7, 11) is 0. The van der Waals surface area contributed by atoms with Crippen molar-refractivity contribution in [2.75, 3.05) is 6.61 Å². The minimum Gasteiger partial charge on any atom is -0.373 e. The van der Waals surface area contributed by atoms with Gasteiger partial charge in [0.05, 0.1) is 29.7 Å². The van der Waals surface area contributed by atoms with Crippen LogP contribution in [0.4, 0.5) is 17.6 Å². The number of halogens is 4. The normalized spacial score (nSPS) is 21.8. The Kier molecular flexibility index (Phi) is 5.70. The van der Waals surface area contributed by atoms with Gasteiger partial charge in [-0.3, -0.25) is 4.68 Å². The summed E-state index contributed by atoms with van der Waals surface area (Å²) < 4.78 is 62.6. The summed E-state index contributed by atoms with van der Waals surface area (Å²) in [6.45, 7) is 4.05. The van der Waals surface area contributed by atoms with Crippen LogP contribution in [0.3, 0.4) is 0 Å². The van der Waals surface area contributed by atoms with Gasteiger partial charge in [0.1, 0.15) is 28.7 Å². The predicted molar refractivity (Wildman–Crippen MR) is 126 cm³/mol. The van der Waals surface area contributed by atoms with Crippen molar-refractivity contribution in [3.8, 4) is 11.3 Å². The Morgan fingerprint density at radius 3 is 2.57 bits per heavy atom. The molecule has 1 aliphatic carbocycles. The van der Waals surface area contributed by atoms with Gasteiger partial charge in [0, 0.05) is 48.8 Å². The van der Waals surface area contributed by atoms with Crippen LogP contribution in [0.15, 0.2) is 30.6 Å². The molecule has 0 spiro atoms. The van der Waals surface area contributed by atoms with Crippen molar-refractivity contribution in [1.29, 1.82) is 0 Å². The van der Waals surface area contributed by atoms with E-state index in [-0.39, 0.29) is 42.2 Å². The molecule has 7 nitrogen and oxygen atoms in total. The molecule has 1 aromatic carbocycles. The van der Waals surface area contributed by atoms with E-state index in [1.807, 2.05) is 6.92 Å². The highest BCUT2D eigenvalue weighted by Gasteiger charge is 2.46. The smallest absolute Gasteiger partial charge is 0.252 e. The molecule has 1 saturated carbocycles. The Balaban J connectivity index is 1.35. The summed E-state index contributed by atoms with van der Waals surface area (Å²) in [6.07, 6.45) is 3.85. The molecule has 3 aromatic heterocycles. The standard InChI is InChI=1S/C26H24F4N6O/c1-13-14(2)33-25-23(32-13)22(19-4-3-17(27)8-20(19)28)34-24(35-25)15-5-6-37-21(7-15)16-11-31-36(12-16)18-9-26(29,30)10-18/h3-4,8,11-12,15,18,21H,5-7,9-10H2,1-2H3. The lowest BCUT2D eigenvalue weighted by Gasteiger charge is -2.34. The first kappa shape index (κ1) is 23.9. The molecule has 0 N–H and O–H groups in total. The molecule has 0 bridgehead atoms. The van der Waals surface area contributed by atoms with E-state index in [0.29, 0.717) is 47.8 Å². The van der Waals surface area contributed by atoms with Gasteiger partial charge in [0.2, 0.25) is 0 Å². The molecule has 0 radical (unpaired) electrons. The average molecular weight is 513 g/mol. The highest BCUT2D eigenvalue weighted by atomic mass is 19.3. The van der Waals surface area contributed by atoms with Crippen molar-refractivity contribution in [2.45, 2.75) is 63.5 Å². The van der Waals surface area contributed by atoms with E-state index in [0.717, 1.165) is 11.6 Å². The molecular weight excluding hydrogens is 488 g/mol. The number of aromatic nitrogens is 6. The molecule has 2 atom stereocenters. The SMILES string of the molecule is Cc1nc2nc(C3CCOC(c4cnn(C5CC(F)(F)C5)c4)C3)nc(-c3ccc(F)cc3F)c2nc1C. The van der Waals surface area contributed by atoms with Crippen LogP contribution >= 0.6 is 0 Å². The van der Waals surface area contributed by atoms with Crippen LogP contribution in [0.1, 0.15) is 66.5 Å². The molecule has 2 aliphatic rings. The van der Waals surface area contributed by atoms with Crippen molar-refractivity contribution in [3.63, 3.8) is 0 Å². The zero-order chi connectivity index (χ0) is 25.9. The Labute approximate surface area is 209 Å². The maximum absolute atomic E-state index is 14.8. The number of ether oxygens (including phenoxy) is 1. The molecule has 0 amide bonds. The first-order valence-corrected chi connectivity index (χ1v) is 12.2. The second kappa shape index (κ2) is 8.83. The van der Waals surface area contributed by atoms with Crippen molar-refractivity contribution < 1.29 is 22.3 Å². The Bertz CT molecular complexity index is 1500. The van der Waals surface area contributed by atoms with E-state index in [9.17, 15) is 17.6 Å². The van der Waals surface area contributed by atoms with E-state index >= 15 is 0 Å². The number of nitrogens with zero attached hydrogens (tertiary/aromatic N) is 6. The van der Waals surface area contributed by atoms with Crippen LogP contribution in [0.2, 0.25) is 0 Å². The fourth-order valence-corrected chi connectivity index (χ4v) is 4.98. The van der Waals surface area contributed by atoms with E-state index in [4.69, 9.17) is 14.7 Å². The van der Waals surface area contributed by atoms with E-state index < -0.39 is 17.6 Å². The quantitative estimate of drug-likeness (QED) is 0.323. The lowest BCUT2D eigenvalue weighted by Crippen LogP contribution is -2.37. The van der Waals surface area contributed by atoms with Crippen LogP contribution in [0, 0.1) is 25.5 Å². The zero-order valence-corrected chi connectivity index (χ0v) is 20.3. The number of aryl methyl sites for hydroxylation is 2. The predicted octanol–water partition coefficient (Wildman–Crippen LogP) is 5.78. The van der Waals surface area contributed by atoms with Gasteiger partial charge in [-0.15, -0.1) is 0 Å². The number of alkyl halides is 2. The second-order valence-corrected chi connectivity index (χ2v) is 9.87. The molecule has 11 heteroatoms. The summed E-state index contributed by atoms with van der Waals surface area (Å²) in [4.78, 5) is 18.6. The lowest BCUT2D eigenvalue weighted by molar-refractivity contribution is -0.107. The van der Waals surface area contributed by atoms with Crippen LogP contribution in [0.5, 0.6) is 0 Å². The van der Waals surface area contributed by atoms with Gasteiger partial charge in [-0.25, -0.2) is 37.5 Å². The van der Waals surface area contributed by atoms with Gasteiger partial charge in [-0.2, -0.15) is 5.10 Å². The molecule has 192 valence electrons. The van der Waals surface area contributed by atoms with Crippen molar-refractivity contribution >= 4 is 11.2 Å². The van der Waals surface area contributed by atoms with Gasteiger partial charge in [0.15, 0.2) is 5.65 Å². The summed E-state index contributed by atoms with van der Waals surface area (Å²) in [6, 6.07) is 3.03. The van der Waals surface area contributed by atoms with Gasteiger partial charge in [0.25, 0.3) is 5.92 Å². The largest absolute Gasteiger partial charge is 0.373 e. The summed E-state index contributed by atoms with van der Waals surface area (Å²) >= 11 is 0. The minimum atomic E-state index is -2.63. The molecular formula is C26H24F4N6O. The van der Waals surface area contributed by atoms with Crippen LogP contribution in [0.25, 0.3) is 22.4 Å². The van der Waals surface area contributed by atoms with Crippen LogP contribution in [-0.2, 0) is 4.74 Å². The molecule has 6 rings (SSSR count). The molecule has 4 heterocycles. The minimum absolute atomic E-state index is 0.120. The number of hydrogen-bond acceptors (Lipinski definition) is 6. The highest BCUT2D eigenvalue weighted by Crippen LogP contribution is 2.46. The van der Waals surface area contributed by atoms with Gasteiger partial charge in [-0.1, -0.05) is 0 Å². The second-order valence-electron chi connectivity index (χ2n) is 9.87. The number of fused-ring (bicyclic) bond motifs is 1. The van der Waals surface area contributed by atoms with E-state index in [2.05, 4.69) is 15.1 Å². The van der Waals surface area contributed by atoms with Gasteiger partial charge < -0.3 is 4.74 Å². The van der Waals surface area contributed by atoms with Gasteiger partial charge in [-0.05, 0) is 38.8 Å². The van der Waals surface area contributed by atoms with Crippen molar-refractivity contribution in [3.05, 3.63) is 65.0 Å². The number of benzene rings is 1. The molecule has 1 aliphatic heterocycles. The maximum atomic E-state index is 14.8. The number of hydrogen-bond donors (Lipinski definition) is 0. The first-order chi connectivity index (χ1) is 17.7. The fraction of sp³-hybridized carbons (Fsp3) is 0.423. The Morgan fingerprint density at radius 1 is 1.03 bits per heavy atom. The summed E-state index contributed by atoms with van der Waals surface area (Å²) in [5.41, 5.74) is 3.23. The van der Waals surface area contributed by atoms with Crippen LogP contribution < -0.4 is 0 Å².